The SMILES string of the molecule is O=C(NNc1ncnc(Nc2ccc(Cl)c(Cl)c2)c1[N+](=O)[O-])c1ccc([N+](=O)[O-])cc1. The molecular formula is C17H11Cl2N7O5. The van der Waals surface area contributed by atoms with E-state index in [0.29, 0.717) is 10.7 Å². The molecule has 3 N–H and O–H groups in total. The molecule has 0 saturated heterocycles. The molecule has 0 bridgehead atoms. The first kappa shape index (κ1) is 21.7. The molecule has 0 aliphatic heterocycles. The smallest absolute Gasteiger partial charge is 0.334 e. The number of rotatable bonds is 7. The summed E-state index contributed by atoms with van der Waals surface area (Å²) in [5, 5.41) is 25.6. The van der Waals surface area contributed by atoms with Crippen LogP contribution in [0.5, 0.6) is 0 Å². The molecule has 0 aliphatic carbocycles. The van der Waals surface area contributed by atoms with Crippen molar-refractivity contribution in [1.82, 2.24) is 15.4 Å². The molecule has 158 valence electrons. The zero-order valence-corrected chi connectivity index (χ0v) is 16.7. The summed E-state index contributed by atoms with van der Waals surface area (Å²) in [6.45, 7) is 0. The lowest BCUT2D eigenvalue weighted by Gasteiger charge is -2.11. The number of nitrogens with one attached hydrogen (secondary N) is 3. The molecule has 0 saturated carbocycles. The number of nitro benzene ring substituents is 1. The highest BCUT2D eigenvalue weighted by Gasteiger charge is 2.24. The van der Waals surface area contributed by atoms with Crippen LogP contribution in [-0.2, 0) is 0 Å². The predicted octanol–water partition coefficient (Wildman–Crippen LogP) is 4.10. The number of aromatic nitrogens is 2. The summed E-state index contributed by atoms with van der Waals surface area (Å²) in [4.78, 5) is 40.8. The third-order valence-corrected chi connectivity index (χ3v) is 4.56. The molecule has 3 aromatic rings. The van der Waals surface area contributed by atoms with E-state index in [1.807, 2.05) is 0 Å². The Hall–Kier alpha value is -4.03. The van der Waals surface area contributed by atoms with Gasteiger partial charge in [-0.15, -0.1) is 0 Å². The molecule has 1 aromatic heterocycles. The van der Waals surface area contributed by atoms with Gasteiger partial charge in [0.1, 0.15) is 6.33 Å². The molecule has 2 aromatic carbocycles. The zero-order valence-electron chi connectivity index (χ0n) is 15.2. The van der Waals surface area contributed by atoms with Crippen molar-refractivity contribution in [3.8, 4) is 0 Å². The Labute approximate surface area is 183 Å². The van der Waals surface area contributed by atoms with Crippen molar-refractivity contribution in [2.24, 2.45) is 0 Å². The molecule has 3 rings (SSSR count). The first-order valence-electron chi connectivity index (χ1n) is 8.28. The molecule has 31 heavy (non-hydrogen) atoms. The van der Waals surface area contributed by atoms with Crippen molar-refractivity contribution < 1.29 is 14.6 Å². The van der Waals surface area contributed by atoms with E-state index in [-0.39, 0.29) is 27.9 Å². The van der Waals surface area contributed by atoms with E-state index < -0.39 is 21.4 Å². The maximum absolute atomic E-state index is 12.2. The van der Waals surface area contributed by atoms with Gasteiger partial charge in [-0.25, -0.2) is 9.97 Å². The Morgan fingerprint density at radius 1 is 0.903 bits per heavy atom. The lowest BCUT2D eigenvalue weighted by Crippen LogP contribution is -2.30. The third kappa shape index (κ3) is 5.12. The number of nitro groups is 2. The van der Waals surface area contributed by atoms with E-state index in [1.54, 1.807) is 6.07 Å². The van der Waals surface area contributed by atoms with Crippen molar-refractivity contribution >= 4 is 57.8 Å². The normalized spacial score (nSPS) is 10.3. The first-order chi connectivity index (χ1) is 14.8. The van der Waals surface area contributed by atoms with Crippen LogP contribution in [0, 0.1) is 20.2 Å². The van der Waals surface area contributed by atoms with Crippen LogP contribution < -0.4 is 16.2 Å². The molecule has 1 heterocycles. The quantitative estimate of drug-likeness (QED) is 0.345. The topological polar surface area (TPSA) is 165 Å². The molecule has 14 heteroatoms. The molecule has 12 nitrogen and oxygen atoms in total. The fourth-order valence-corrected chi connectivity index (χ4v) is 2.67. The second-order valence-electron chi connectivity index (χ2n) is 5.81. The summed E-state index contributed by atoms with van der Waals surface area (Å²) < 4.78 is 0. The van der Waals surface area contributed by atoms with Crippen LogP contribution in [0.25, 0.3) is 0 Å². The van der Waals surface area contributed by atoms with Gasteiger partial charge in [-0.3, -0.25) is 35.9 Å². The average Bonchev–Trinajstić information content (AvgIpc) is 2.74. The fourth-order valence-electron chi connectivity index (χ4n) is 2.37. The summed E-state index contributed by atoms with van der Waals surface area (Å²) in [7, 11) is 0. The molecule has 0 atom stereocenters. The van der Waals surface area contributed by atoms with Crippen LogP contribution in [-0.4, -0.2) is 25.7 Å². The lowest BCUT2D eigenvalue weighted by atomic mass is 10.2. The highest BCUT2D eigenvalue weighted by Crippen LogP contribution is 2.32. The number of nitrogens with zero attached hydrogens (tertiary/aromatic N) is 4. The number of non-ortho nitro benzene ring substituents is 1. The number of hydrazine groups is 1. The minimum Gasteiger partial charge on any atom is -0.334 e. The van der Waals surface area contributed by atoms with Crippen molar-refractivity contribution in [2.45, 2.75) is 0 Å². The number of carbonyl (C=O) groups is 1. The summed E-state index contributed by atoms with van der Waals surface area (Å²) in [5.74, 6) is -1.15. The number of hydrogen-bond donors (Lipinski definition) is 3. The highest BCUT2D eigenvalue weighted by molar-refractivity contribution is 6.42. The predicted molar refractivity (Wildman–Crippen MR) is 113 cm³/mol. The van der Waals surface area contributed by atoms with Gasteiger partial charge in [0.15, 0.2) is 0 Å². The molecular weight excluding hydrogens is 453 g/mol. The number of hydrogen-bond acceptors (Lipinski definition) is 9. The second-order valence-corrected chi connectivity index (χ2v) is 6.63. The molecule has 0 aliphatic rings. The van der Waals surface area contributed by atoms with Gasteiger partial charge in [-0.05, 0) is 30.3 Å². The van der Waals surface area contributed by atoms with Crippen LogP contribution in [0.3, 0.4) is 0 Å². The highest BCUT2D eigenvalue weighted by atomic mass is 35.5. The van der Waals surface area contributed by atoms with Crippen LogP contribution in [0.2, 0.25) is 10.0 Å². The molecule has 0 fully saturated rings. The van der Waals surface area contributed by atoms with Crippen molar-refractivity contribution in [1.29, 1.82) is 0 Å². The van der Waals surface area contributed by atoms with Crippen molar-refractivity contribution in [3.63, 3.8) is 0 Å². The van der Waals surface area contributed by atoms with Gasteiger partial charge in [-0.2, -0.15) is 0 Å². The van der Waals surface area contributed by atoms with E-state index in [2.05, 4.69) is 26.1 Å². The standard InChI is InChI=1S/C17H11Cl2N7O5/c18-12-6-3-10(7-13(12)19)22-15-14(26(30)31)16(21-8-20-15)23-24-17(27)9-1-4-11(5-2-9)25(28)29/h1-8H,(H,24,27)(H2,20,21,22,23). The third-order valence-electron chi connectivity index (χ3n) is 3.82. The Kier molecular flexibility index (Phi) is 6.43. The number of benzene rings is 2. The van der Waals surface area contributed by atoms with Crippen LogP contribution >= 0.6 is 23.2 Å². The van der Waals surface area contributed by atoms with E-state index in [1.165, 1.54) is 24.3 Å². The van der Waals surface area contributed by atoms with Gasteiger partial charge in [0.2, 0.25) is 11.6 Å². The van der Waals surface area contributed by atoms with Gasteiger partial charge in [0.25, 0.3) is 11.6 Å². The minimum absolute atomic E-state index is 0.0870. The number of carbonyl (C=O) groups excluding carboxylic acids is 1. The monoisotopic (exact) mass is 463 g/mol. The Bertz CT molecular complexity index is 1170. The maximum atomic E-state index is 12.2. The van der Waals surface area contributed by atoms with E-state index in [4.69, 9.17) is 23.2 Å². The second kappa shape index (κ2) is 9.19. The van der Waals surface area contributed by atoms with E-state index in [0.717, 1.165) is 18.5 Å². The molecule has 0 radical (unpaired) electrons. The van der Waals surface area contributed by atoms with Crippen LogP contribution in [0.1, 0.15) is 10.4 Å². The molecule has 0 unspecified atom stereocenters. The first-order valence-corrected chi connectivity index (χ1v) is 9.04. The minimum atomic E-state index is -0.736. The van der Waals surface area contributed by atoms with Crippen molar-refractivity contribution in [2.75, 3.05) is 10.7 Å². The van der Waals surface area contributed by atoms with Crippen LogP contribution in [0.15, 0.2) is 48.8 Å². The zero-order chi connectivity index (χ0) is 22.5. The Morgan fingerprint density at radius 2 is 1.58 bits per heavy atom. The van der Waals surface area contributed by atoms with Gasteiger partial charge < -0.3 is 5.32 Å². The summed E-state index contributed by atoms with van der Waals surface area (Å²) >= 11 is 11.8. The maximum Gasteiger partial charge on any atom is 0.355 e. The van der Waals surface area contributed by atoms with E-state index >= 15 is 0 Å². The summed E-state index contributed by atoms with van der Waals surface area (Å²) in [6.07, 6.45) is 1.05. The Morgan fingerprint density at radius 3 is 2.19 bits per heavy atom. The average molecular weight is 464 g/mol. The largest absolute Gasteiger partial charge is 0.355 e. The molecule has 1 amide bonds. The number of amides is 1. The van der Waals surface area contributed by atoms with Gasteiger partial charge in [0.05, 0.1) is 19.9 Å². The Balaban J connectivity index is 1.80. The van der Waals surface area contributed by atoms with Gasteiger partial charge >= 0.3 is 5.69 Å². The summed E-state index contributed by atoms with van der Waals surface area (Å²) in [5.41, 5.74) is 4.35. The van der Waals surface area contributed by atoms with Crippen LogP contribution in [0.4, 0.5) is 28.7 Å². The van der Waals surface area contributed by atoms with Gasteiger partial charge in [0, 0.05) is 23.4 Å². The number of anilines is 3. The molecule has 0 spiro atoms. The van der Waals surface area contributed by atoms with E-state index in [9.17, 15) is 25.0 Å². The van der Waals surface area contributed by atoms with Crippen molar-refractivity contribution in [3.05, 3.63) is 84.6 Å². The number of halogens is 2. The lowest BCUT2D eigenvalue weighted by molar-refractivity contribution is -0.384. The van der Waals surface area contributed by atoms with Gasteiger partial charge in [-0.1, -0.05) is 23.2 Å². The fraction of sp³-hybridized carbons (Fsp3) is 0. The summed E-state index contributed by atoms with van der Waals surface area (Å²) in [6, 6.07) is 9.29.